The van der Waals surface area contributed by atoms with E-state index in [0.29, 0.717) is 16.5 Å². The third-order valence-electron chi connectivity index (χ3n) is 4.07. The van der Waals surface area contributed by atoms with Gasteiger partial charge in [-0.25, -0.2) is 9.78 Å². The number of hydrogen-bond donors (Lipinski definition) is 2. The molecule has 1 amide bonds. The smallest absolute Gasteiger partial charge is 0.339 e. The number of aromatic carboxylic acids is 1. The lowest BCUT2D eigenvalue weighted by molar-refractivity contribution is 0.0692. The third-order valence-corrected chi connectivity index (χ3v) is 4.31. The van der Waals surface area contributed by atoms with Crippen LogP contribution in [0.1, 0.15) is 20.8 Å². The minimum Gasteiger partial charge on any atom is -0.478 e. The fourth-order valence-corrected chi connectivity index (χ4v) is 2.96. The van der Waals surface area contributed by atoms with Crippen LogP contribution in [-0.2, 0) is 7.05 Å². The van der Waals surface area contributed by atoms with Crippen LogP contribution in [0.15, 0.2) is 48.9 Å². The number of carboxylic acids is 1. The summed E-state index contributed by atoms with van der Waals surface area (Å²) < 4.78 is 2.91. The maximum atomic E-state index is 12.5. The Balaban J connectivity index is 1.64. The maximum Gasteiger partial charge on any atom is 0.339 e. The van der Waals surface area contributed by atoms with Gasteiger partial charge in [0.2, 0.25) is 5.78 Å². The van der Waals surface area contributed by atoms with E-state index >= 15 is 0 Å². The predicted octanol–water partition coefficient (Wildman–Crippen LogP) is 2.73. The molecule has 9 nitrogen and oxygen atoms in total. The second kappa shape index (κ2) is 6.78. The second-order valence-electron chi connectivity index (χ2n) is 5.95. The van der Waals surface area contributed by atoms with Gasteiger partial charge in [-0.2, -0.15) is 10.1 Å². The molecule has 28 heavy (non-hydrogen) atoms. The van der Waals surface area contributed by atoms with Gasteiger partial charge in [0.1, 0.15) is 17.1 Å². The number of rotatable bonds is 4. The van der Waals surface area contributed by atoms with E-state index in [1.807, 2.05) is 12.1 Å². The molecule has 0 aliphatic carbocycles. The Hall–Kier alpha value is -3.72. The highest BCUT2D eigenvalue weighted by atomic mass is 35.5. The average molecular weight is 397 g/mol. The molecule has 0 unspecified atom stereocenters. The van der Waals surface area contributed by atoms with Gasteiger partial charge < -0.3 is 10.4 Å². The van der Waals surface area contributed by atoms with E-state index in [0.717, 1.165) is 11.8 Å². The average Bonchev–Trinajstić information content (AvgIpc) is 3.25. The van der Waals surface area contributed by atoms with Crippen LogP contribution in [0.3, 0.4) is 0 Å². The number of nitrogens with zero attached hydrogens (tertiary/aromatic N) is 5. The van der Waals surface area contributed by atoms with Gasteiger partial charge in [-0.3, -0.25) is 13.9 Å². The molecule has 10 heteroatoms. The van der Waals surface area contributed by atoms with Crippen LogP contribution in [0.5, 0.6) is 0 Å². The van der Waals surface area contributed by atoms with Crippen molar-refractivity contribution in [2.45, 2.75) is 0 Å². The molecule has 0 spiro atoms. The first-order valence-electron chi connectivity index (χ1n) is 8.11. The second-order valence-corrected chi connectivity index (χ2v) is 6.38. The Morgan fingerprint density at radius 3 is 2.79 bits per heavy atom. The number of fused-ring (bicyclic) bond motifs is 1. The lowest BCUT2D eigenvalue weighted by Gasteiger charge is -2.06. The summed E-state index contributed by atoms with van der Waals surface area (Å²) >= 11 is 6.03. The van der Waals surface area contributed by atoms with E-state index in [1.54, 1.807) is 35.0 Å². The standard InChI is InChI=1S/C18H13ClN6O3/c1-24-15(12(8-20-24)17(27)28)16(26)22-14-5-6-25-9-13(21-18(25)23-14)10-3-2-4-11(19)7-10/h2-9H,1H3,(H,27,28)(H,21,22,23,26). The van der Waals surface area contributed by atoms with E-state index in [-0.39, 0.29) is 17.1 Å². The van der Waals surface area contributed by atoms with Gasteiger partial charge in [0.25, 0.3) is 5.91 Å². The molecule has 3 aromatic heterocycles. The molecule has 140 valence electrons. The summed E-state index contributed by atoms with van der Waals surface area (Å²) in [5, 5.41) is 16.2. The number of benzene rings is 1. The molecule has 4 rings (SSSR count). The first-order chi connectivity index (χ1) is 13.4. The van der Waals surface area contributed by atoms with Crippen LogP contribution in [0, 0.1) is 0 Å². The number of imidazole rings is 1. The number of halogens is 1. The van der Waals surface area contributed by atoms with Gasteiger partial charge in [0.05, 0.1) is 11.9 Å². The Labute approximate surface area is 163 Å². The summed E-state index contributed by atoms with van der Waals surface area (Å²) in [6.07, 6.45) is 4.61. The summed E-state index contributed by atoms with van der Waals surface area (Å²) in [7, 11) is 1.49. The van der Waals surface area contributed by atoms with Crippen LogP contribution < -0.4 is 5.32 Å². The van der Waals surface area contributed by atoms with Gasteiger partial charge in [0, 0.05) is 30.0 Å². The van der Waals surface area contributed by atoms with Gasteiger partial charge in [0.15, 0.2) is 0 Å². The summed E-state index contributed by atoms with van der Waals surface area (Å²) in [6, 6.07) is 8.87. The van der Waals surface area contributed by atoms with Gasteiger partial charge in [-0.15, -0.1) is 0 Å². The Morgan fingerprint density at radius 2 is 2.04 bits per heavy atom. The summed E-state index contributed by atoms with van der Waals surface area (Å²) in [4.78, 5) is 32.5. The molecule has 4 aromatic rings. The van der Waals surface area contributed by atoms with E-state index in [9.17, 15) is 14.7 Å². The highest BCUT2D eigenvalue weighted by Crippen LogP contribution is 2.22. The van der Waals surface area contributed by atoms with Crippen molar-refractivity contribution < 1.29 is 14.7 Å². The van der Waals surface area contributed by atoms with Crippen LogP contribution in [0.2, 0.25) is 5.02 Å². The van der Waals surface area contributed by atoms with Gasteiger partial charge in [-0.1, -0.05) is 23.7 Å². The highest BCUT2D eigenvalue weighted by molar-refractivity contribution is 6.30. The molecule has 0 radical (unpaired) electrons. The number of amides is 1. The highest BCUT2D eigenvalue weighted by Gasteiger charge is 2.22. The predicted molar refractivity (Wildman–Crippen MR) is 102 cm³/mol. The van der Waals surface area contributed by atoms with Crippen molar-refractivity contribution in [3.63, 3.8) is 0 Å². The molecule has 0 saturated heterocycles. The number of carbonyl (C=O) groups excluding carboxylic acids is 1. The first kappa shape index (κ1) is 17.7. The zero-order valence-electron chi connectivity index (χ0n) is 14.5. The van der Waals surface area contributed by atoms with Crippen LogP contribution >= 0.6 is 11.6 Å². The minimum atomic E-state index is -1.24. The number of nitrogens with one attached hydrogen (secondary N) is 1. The summed E-state index contributed by atoms with van der Waals surface area (Å²) in [5.41, 5.74) is 1.25. The molecule has 3 heterocycles. The monoisotopic (exact) mass is 396 g/mol. The topological polar surface area (TPSA) is 114 Å². The molecule has 0 saturated carbocycles. The normalized spacial score (nSPS) is 10.9. The zero-order chi connectivity index (χ0) is 19.8. The molecule has 2 N–H and O–H groups in total. The minimum absolute atomic E-state index is 0.0721. The molecule has 0 fully saturated rings. The molecule has 1 aromatic carbocycles. The fourth-order valence-electron chi connectivity index (χ4n) is 2.77. The lowest BCUT2D eigenvalue weighted by Crippen LogP contribution is -2.20. The molecular formula is C18H13ClN6O3. The van der Waals surface area contributed by atoms with Crippen molar-refractivity contribution >= 4 is 35.1 Å². The third kappa shape index (κ3) is 3.19. The number of aryl methyl sites for hydroxylation is 1. The fraction of sp³-hybridized carbons (Fsp3) is 0.0556. The van der Waals surface area contributed by atoms with Crippen molar-refractivity contribution in [2.75, 3.05) is 5.32 Å². The first-order valence-corrected chi connectivity index (χ1v) is 8.48. The number of carbonyl (C=O) groups is 2. The molecule has 0 aliphatic rings. The van der Waals surface area contributed by atoms with Crippen molar-refractivity contribution in [1.29, 1.82) is 0 Å². The SMILES string of the molecule is Cn1ncc(C(=O)O)c1C(=O)Nc1ccn2cc(-c3cccc(Cl)c3)nc2n1. The number of carboxylic acid groups (broad SMARTS) is 1. The van der Waals surface area contributed by atoms with E-state index in [2.05, 4.69) is 20.4 Å². The number of aromatic nitrogens is 5. The van der Waals surface area contributed by atoms with Gasteiger partial charge >= 0.3 is 5.97 Å². The number of hydrogen-bond acceptors (Lipinski definition) is 5. The van der Waals surface area contributed by atoms with Crippen molar-refractivity contribution in [1.82, 2.24) is 24.1 Å². The van der Waals surface area contributed by atoms with Crippen LogP contribution in [0.25, 0.3) is 17.0 Å². The lowest BCUT2D eigenvalue weighted by atomic mass is 10.2. The summed E-state index contributed by atoms with van der Waals surface area (Å²) in [5.74, 6) is -1.26. The van der Waals surface area contributed by atoms with E-state index < -0.39 is 11.9 Å². The van der Waals surface area contributed by atoms with E-state index in [4.69, 9.17) is 11.6 Å². The van der Waals surface area contributed by atoms with E-state index in [1.165, 1.54) is 11.7 Å². The zero-order valence-corrected chi connectivity index (χ0v) is 15.3. The van der Waals surface area contributed by atoms with Crippen molar-refractivity contribution in [3.05, 3.63) is 65.2 Å². The van der Waals surface area contributed by atoms with Crippen molar-refractivity contribution in [2.24, 2.45) is 7.05 Å². The Morgan fingerprint density at radius 1 is 1.21 bits per heavy atom. The molecule has 0 atom stereocenters. The molecule has 0 aliphatic heterocycles. The Kier molecular flexibility index (Phi) is 4.28. The maximum absolute atomic E-state index is 12.5. The number of anilines is 1. The van der Waals surface area contributed by atoms with Gasteiger partial charge in [-0.05, 0) is 18.2 Å². The Bertz CT molecular complexity index is 1230. The van der Waals surface area contributed by atoms with Crippen LogP contribution in [0.4, 0.5) is 5.82 Å². The molecule has 0 bridgehead atoms. The molecular weight excluding hydrogens is 384 g/mol. The van der Waals surface area contributed by atoms with Crippen LogP contribution in [-0.4, -0.2) is 41.1 Å². The summed E-state index contributed by atoms with van der Waals surface area (Å²) in [6.45, 7) is 0. The quantitative estimate of drug-likeness (QED) is 0.548. The largest absolute Gasteiger partial charge is 0.478 e. The van der Waals surface area contributed by atoms with Crippen molar-refractivity contribution in [3.8, 4) is 11.3 Å².